The molecule has 2 aromatic rings. The Balaban J connectivity index is 1.79. The molecule has 1 aromatic heterocycles. The quantitative estimate of drug-likeness (QED) is 0.673. The molecule has 2 saturated carbocycles. The first kappa shape index (κ1) is 17.5. The summed E-state index contributed by atoms with van der Waals surface area (Å²) < 4.78 is 22.4. The summed E-state index contributed by atoms with van der Waals surface area (Å²) in [5.41, 5.74) is 4.95. The number of nitrogen functional groups attached to an aromatic ring is 1. The average Bonchev–Trinajstić information content (AvgIpc) is 3.30. The molecule has 1 saturated heterocycles. The third-order valence-corrected chi connectivity index (χ3v) is 6.54. The van der Waals surface area contributed by atoms with Crippen LogP contribution in [0.3, 0.4) is 0 Å². The largest absolute Gasteiger partial charge is 0.492 e. The van der Waals surface area contributed by atoms with E-state index in [-0.39, 0.29) is 45.9 Å². The van der Waals surface area contributed by atoms with Gasteiger partial charge in [-0.25, -0.2) is 9.18 Å². The second-order valence-electron chi connectivity index (χ2n) is 8.17. The number of nitrogens with one attached hydrogen (secondary N) is 1. The van der Waals surface area contributed by atoms with Gasteiger partial charge in [-0.3, -0.25) is 14.3 Å². The van der Waals surface area contributed by atoms with Gasteiger partial charge in [0.05, 0.1) is 24.3 Å². The number of anilines is 2. The molecular weight excluding hydrogens is 367 g/mol. The van der Waals surface area contributed by atoms with Crippen LogP contribution < -0.4 is 26.6 Å². The van der Waals surface area contributed by atoms with Crippen molar-refractivity contribution in [3.8, 4) is 5.75 Å². The van der Waals surface area contributed by atoms with E-state index in [0.717, 1.165) is 25.7 Å². The lowest BCUT2D eigenvalue weighted by molar-refractivity contribution is 0.133. The monoisotopic (exact) mass is 390 g/mol. The van der Waals surface area contributed by atoms with Crippen LogP contribution in [-0.2, 0) is 0 Å². The number of rotatable bonds is 3. The molecule has 2 heterocycles. The standard InChI is InChI=1S/C19H23FN4O4/c1-28-17-15-12(18(26)22-19(27)24(15)9-3-4-9)14(21)13(20)16(17)23-6-8-2-5-11(25)10(8)7-23/h8-11,25H,2-7,21H2,1H3,(H,22,26,27). The summed E-state index contributed by atoms with van der Waals surface area (Å²) in [4.78, 5) is 29.0. The molecule has 1 aliphatic heterocycles. The highest BCUT2D eigenvalue weighted by Gasteiger charge is 2.44. The molecule has 3 unspecified atom stereocenters. The number of nitrogens with two attached hydrogens (primary N) is 1. The normalized spacial score (nSPS) is 26.8. The summed E-state index contributed by atoms with van der Waals surface area (Å²) in [5, 5.41) is 10.2. The first-order chi connectivity index (χ1) is 13.4. The maximum Gasteiger partial charge on any atom is 0.329 e. The summed E-state index contributed by atoms with van der Waals surface area (Å²) in [6, 6.07) is -0.0572. The number of aromatic nitrogens is 2. The molecule has 0 radical (unpaired) electrons. The van der Waals surface area contributed by atoms with E-state index in [1.54, 1.807) is 0 Å². The fourth-order valence-electron chi connectivity index (χ4n) is 5.05. The fourth-order valence-corrected chi connectivity index (χ4v) is 5.05. The minimum atomic E-state index is -0.717. The lowest BCUT2D eigenvalue weighted by Gasteiger charge is -2.26. The lowest BCUT2D eigenvalue weighted by Crippen LogP contribution is -2.32. The van der Waals surface area contributed by atoms with Gasteiger partial charge < -0.3 is 20.5 Å². The van der Waals surface area contributed by atoms with Crippen molar-refractivity contribution in [2.45, 2.75) is 37.8 Å². The molecular formula is C19H23FN4O4. The number of nitrogens with zero attached hydrogens (tertiary/aromatic N) is 2. The Morgan fingerprint density at radius 3 is 2.61 bits per heavy atom. The summed E-state index contributed by atoms with van der Waals surface area (Å²) in [6.45, 7) is 1.07. The van der Waals surface area contributed by atoms with Crippen molar-refractivity contribution in [1.82, 2.24) is 9.55 Å². The zero-order valence-electron chi connectivity index (χ0n) is 15.6. The van der Waals surface area contributed by atoms with Crippen LogP contribution in [-0.4, -0.2) is 41.0 Å². The number of aromatic amines is 1. The van der Waals surface area contributed by atoms with Crippen molar-refractivity contribution in [2.75, 3.05) is 30.8 Å². The van der Waals surface area contributed by atoms with Gasteiger partial charge in [-0.1, -0.05) is 0 Å². The Morgan fingerprint density at radius 2 is 1.96 bits per heavy atom. The molecule has 8 nitrogen and oxygen atoms in total. The molecule has 1 aromatic carbocycles. The van der Waals surface area contributed by atoms with Crippen LogP contribution in [0.4, 0.5) is 15.8 Å². The van der Waals surface area contributed by atoms with Crippen molar-refractivity contribution in [3.05, 3.63) is 26.7 Å². The van der Waals surface area contributed by atoms with E-state index in [1.807, 2.05) is 4.90 Å². The zero-order chi connectivity index (χ0) is 19.7. The molecule has 28 heavy (non-hydrogen) atoms. The van der Waals surface area contributed by atoms with Gasteiger partial charge in [0.1, 0.15) is 11.2 Å². The number of benzene rings is 1. The fraction of sp³-hybridized carbons (Fsp3) is 0.579. The van der Waals surface area contributed by atoms with Crippen molar-refractivity contribution >= 4 is 22.3 Å². The first-order valence-corrected chi connectivity index (χ1v) is 9.68. The highest BCUT2D eigenvalue weighted by atomic mass is 19.1. The van der Waals surface area contributed by atoms with Crippen LogP contribution in [0.1, 0.15) is 31.7 Å². The molecule has 150 valence electrons. The highest BCUT2D eigenvalue weighted by Crippen LogP contribution is 2.48. The van der Waals surface area contributed by atoms with Gasteiger partial charge in [-0.2, -0.15) is 0 Å². The molecule has 4 N–H and O–H groups in total. The van der Waals surface area contributed by atoms with E-state index in [9.17, 15) is 14.7 Å². The van der Waals surface area contributed by atoms with Crippen LogP contribution in [0.25, 0.3) is 10.9 Å². The van der Waals surface area contributed by atoms with Gasteiger partial charge in [0, 0.05) is 25.0 Å². The average molecular weight is 390 g/mol. The van der Waals surface area contributed by atoms with Crippen LogP contribution >= 0.6 is 0 Å². The van der Waals surface area contributed by atoms with E-state index >= 15 is 4.39 Å². The summed E-state index contributed by atoms with van der Waals surface area (Å²) in [5.74, 6) is -0.205. The smallest absolute Gasteiger partial charge is 0.329 e. The topological polar surface area (TPSA) is 114 Å². The van der Waals surface area contributed by atoms with Crippen molar-refractivity contribution in [3.63, 3.8) is 0 Å². The third kappa shape index (κ3) is 2.32. The minimum absolute atomic E-state index is 0.0518. The number of aliphatic hydroxyl groups excluding tert-OH is 1. The van der Waals surface area contributed by atoms with Gasteiger partial charge in [0.2, 0.25) is 0 Å². The van der Waals surface area contributed by atoms with Gasteiger partial charge in [-0.05, 0) is 31.6 Å². The Labute approximate surface area is 159 Å². The van der Waals surface area contributed by atoms with Crippen LogP contribution in [0.2, 0.25) is 0 Å². The third-order valence-electron chi connectivity index (χ3n) is 6.54. The summed E-state index contributed by atoms with van der Waals surface area (Å²) in [6.07, 6.45) is 2.86. The Bertz CT molecular complexity index is 1090. The SMILES string of the molecule is COc1c(N2CC3CCC(O)C3C2)c(F)c(N)c2c(=O)[nH]c(=O)n(C3CC3)c12. The maximum absolute atomic E-state index is 15.4. The van der Waals surface area contributed by atoms with E-state index in [1.165, 1.54) is 11.7 Å². The Hall–Kier alpha value is -2.55. The molecule has 0 amide bonds. The number of halogens is 1. The molecule has 2 aliphatic carbocycles. The van der Waals surface area contributed by atoms with Crippen molar-refractivity contribution in [1.29, 1.82) is 0 Å². The van der Waals surface area contributed by atoms with Crippen LogP contribution in [0.15, 0.2) is 9.59 Å². The molecule has 5 rings (SSSR count). The number of aliphatic hydroxyl groups is 1. The van der Waals surface area contributed by atoms with Gasteiger partial charge in [0.25, 0.3) is 5.56 Å². The Kier molecular flexibility index (Phi) is 3.74. The molecule has 3 aliphatic rings. The van der Waals surface area contributed by atoms with E-state index in [0.29, 0.717) is 13.1 Å². The number of hydrogen-bond acceptors (Lipinski definition) is 6. The maximum atomic E-state index is 15.4. The molecule has 0 spiro atoms. The predicted octanol–water partition coefficient (Wildman–Crippen LogP) is 0.962. The van der Waals surface area contributed by atoms with Crippen molar-refractivity contribution < 1.29 is 14.2 Å². The number of fused-ring (bicyclic) bond motifs is 2. The number of hydrogen-bond donors (Lipinski definition) is 3. The predicted molar refractivity (Wildman–Crippen MR) is 102 cm³/mol. The minimum Gasteiger partial charge on any atom is -0.492 e. The van der Waals surface area contributed by atoms with Crippen LogP contribution in [0.5, 0.6) is 5.75 Å². The van der Waals surface area contributed by atoms with Gasteiger partial charge in [-0.15, -0.1) is 0 Å². The number of ether oxygens (including phenoxy) is 1. The molecule has 9 heteroatoms. The second kappa shape index (κ2) is 5.97. The molecule has 0 bridgehead atoms. The lowest BCUT2D eigenvalue weighted by atomic mass is 10.00. The summed E-state index contributed by atoms with van der Waals surface area (Å²) in [7, 11) is 1.41. The van der Waals surface area contributed by atoms with Crippen molar-refractivity contribution in [2.24, 2.45) is 11.8 Å². The first-order valence-electron chi connectivity index (χ1n) is 9.68. The molecule has 3 fully saturated rings. The molecule has 3 atom stereocenters. The Morgan fingerprint density at radius 1 is 1.21 bits per heavy atom. The number of methoxy groups -OCH3 is 1. The highest BCUT2D eigenvalue weighted by molar-refractivity contribution is 5.99. The van der Waals surface area contributed by atoms with E-state index in [2.05, 4.69) is 4.98 Å². The van der Waals surface area contributed by atoms with E-state index < -0.39 is 23.2 Å². The van der Waals surface area contributed by atoms with Crippen LogP contribution in [0, 0.1) is 17.7 Å². The zero-order valence-corrected chi connectivity index (χ0v) is 15.6. The van der Waals surface area contributed by atoms with Gasteiger partial charge >= 0.3 is 5.69 Å². The van der Waals surface area contributed by atoms with E-state index in [4.69, 9.17) is 10.5 Å². The number of H-pyrrole nitrogens is 1. The van der Waals surface area contributed by atoms with Gasteiger partial charge in [0.15, 0.2) is 11.6 Å². The second-order valence-corrected chi connectivity index (χ2v) is 8.17. The summed E-state index contributed by atoms with van der Waals surface area (Å²) >= 11 is 0.